The highest BCUT2D eigenvalue weighted by molar-refractivity contribution is 5.90. The molecule has 3 fully saturated rings. The van der Waals surface area contributed by atoms with Crippen molar-refractivity contribution in [3.05, 3.63) is 0 Å². The highest BCUT2D eigenvalue weighted by Crippen LogP contribution is 2.40. The second-order valence-corrected chi connectivity index (χ2v) is 6.18. The Morgan fingerprint density at radius 3 is 2.67 bits per heavy atom. The van der Waals surface area contributed by atoms with Crippen LogP contribution in [0.4, 0.5) is 0 Å². The molecule has 0 radical (unpaired) electrons. The molecule has 3 rings (SSSR count). The average Bonchev–Trinajstić information content (AvgIpc) is 2.87. The summed E-state index contributed by atoms with van der Waals surface area (Å²) in [6.45, 7) is 0.341. The van der Waals surface area contributed by atoms with Gasteiger partial charge < -0.3 is 15.3 Å². The third-order valence-electron chi connectivity index (χ3n) is 4.94. The molecule has 0 bridgehead atoms. The topological polar surface area (TPSA) is 98.7 Å². The number of aliphatic carboxylic acids is 1. The van der Waals surface area contributed by atoms with Crippen LogP contribution in [0.15, 0.2) is 0 Å². The number of rotatable bonds is 2. The second kappa shape index (κ2) is 5.63. The van der Waals surface area contributed by atoms with E-state index in [4.69, 9.17) is 0 Å². The van der Waals surface area contributed by atoms with E-state index in [1.165, 1.54) is 0 Å². The zero-order chi connectivity index (χ0) is 15.0. The van der Waals surface area contributed by atoms with E-state index < -0.39 is 18.1 Å². The highest BCUT2D eigenvalue weighted by atomic mass is 16.4. The van der Waals surface area contributed by atoms with E-state index >= 15 is 0 Å². The molecule has 3 aliphatic rings. The smallest absolute Gasteiger partial charge is 0.326 e. The van der Waals surface area contributed by atoms with Crippen LogP contribution < -0.4 is 10.6 Å². The first-order valence-corrected chi connectivity index (χ1v) is 7.63. The number of carbonyl (C=O) groups is 3. The summed E-state index contributed by atoms with van der Waals surface area (Å²) >= 11 is 0. The van der Waals surface area contributed by atoms with Crippen LogP contribution in [0, 0.1) is 5.92 Å². The number of carboxylic acids is 1. The number of likely N-dealkylation sites (tertiary alicyclic amines) is 1. The predicted molar refractivity (Wildman–Crippen MR) is 73.4 cm³/mol. The van der Waals surface area contributed by atoms with Gasteiger partial charge in [0.25, 0.3) is 0 Å². The summed E-state index contributed by atoms with van der Waals surface area (Å²) in [7, 11) is 0. The van der Waals surface area contributed by atoms with Crippen molar-refractivity contribution in [2.24, 2.45) is 5.92 Å². The van der Waals surface area contributed by atoms with Crippen molar-refractivity contribution in [3.8, 4) is 0 Å². The van der Waals surface area contributed by atoms with Gasteiger partial charge in [-0.05, 0) is 25.2 Å². The number of hydrogen-bond donors (Lipinski definition) is 3. The van der Waals surface area contributed by atoms with Gasteiger partial charge in [0, 0.05) is 12.6 Å². The molecule has 21 heavy (non-hydrogen) atoms. The van der Waals surface area contributed by atoms with Crippen LogP contribution in [0.2, 0.25) is 0 Å². The molecule has 1 aliphatic carbocycles. The fraction of sp³-hybridized carbons (Fsp3) is 0.786. The van der Waals surface area contributed by atoms with Crippen LogP contribution in [0.1, 0.15) is 32.1 Å². The molecule has 2 heterocycles. The molecular formula is C14H21N3O4. The number of amides is 2. The van der Waals surface area contributed by atoms with Crippen LogP contribution in [0.3, 0.4) is 0 Å². The predicted octanol–water partition coefficient (Wildman–Crippen LogP) is -0.681. The highest BCUT2D eigenvalue weighted by Gasteiger charge is 2.49. The molecule has 4 unspecified atom stereocenters. The fourth-order valence-electron chi connectivity index (χ4n) is 3.92. The summed E-state index contributed by atoms with van der Waals surface area (Å²) in [6.07, 6.45) is 4.62. The minimum absolute atomic E-state index is 0.0479. The number of piperazine rings is 1. The maximum Gasteiger partial charge on any atom is 0.326 e. The first kappa shape index (κ1) is 14.3. The monoisotopic (exact) mass is 295 g/mol. The van der Waals surface area contributed by atoms with Crippen LogP contribution in [0.5, 0.6) is 0 Å². The van der Waals surface area contributed by atoms with Gasteiger partial charge in [0.2, 0.25) is 11.8 Å². The van der Waals surface area contributed by atoms with E-state index in [9.17, 15) is 19.5 Å². The Morgan fingerprint density at radius 2 is 2.00 bits per heavy atom. The van der Waals surface area contributed by atoms with Gasteiger partial charge in [-0.2, -0.15) is 0 Å². The van der Waals surface area contributed by atoms with Crippen molar-refractivity contribution in [2.45, 2.75) is 50.2 Å². The van der Waals surface area contributed by atoms with Gasteiger partial charge >= 0.3 is 5.97 Å². The van der Waals surface area contributed by atoms with Gasteiger partial charge in [0.05, 0.1) is 6.54 Å². The summed E-state index contributed by atoms with van der Waals surface area (Å²) < 4.78 is 0. The van der Waals surface area contributed by atoms with Gasteiger partial charge in [0.15, 0.2) is 0 Å². The standard InChI is InChI=1S/C14H21N3O4/c18-12-7-15-9(6-16-12)13(19)17-10-4-2-1-3-8(10)5-11(17)14(20)21/h8-11,15H,1-7H2,(H,16,18)(H,20,21). The summed E-state index contributed by atoms with van der Waals surface area (Å²) in [6, 6.07) is -1.18. The molecule has 0 spiro atoms. The molecule has 0 aromatic carbocycles. The first-order chi connectivity index (χ1) is 10.1. The molecule has 4 atom stereocenters. The SMILES string of the molecule is O=C1CNC(C(=O)N2C(C(=O)O)CC3CCCCC32)CN1. The number of carboxylic acid groups (broad SMARTS) is 1. The first-order valence-electron chi connectivity index (χ1n) is 7.63. The van der Waals surface area contributed by atoms with Crippen LogP contribution in [-0.2, 0) is 14.4 Å². The Kier molecular flexibility index (Phi) is 3.84. The van der Waals surface area contributed by atoms with Crippen molar-refractivity contribution in [1.82, 2.24) is 15.5 Å². The molecule has 2 saturated heterocycles. The Labute approximate surface area is 123 Å². The third kappa shape index (κ3) is 2.62. The van der Waals surface area contributed by atoms with E-state index in [1.807, 2.05) is 0 Å². The summed E-state index contributed by atoms with van der Waals surface area (Å²) in [5.41, 5.74) is 0. The average molecular weight is 295 g/mol. The molecule has 0 aromatic rings. The lowest BCUT2D eigenvalue weighted by Gasteiger charge is -2.36. The van der Waals surface area contributed by atoms with Crippen LogP contribution in [0.25, 0.3) is 0 Å². The number of hydrogen-bond acceptors (Lipinski definition) is 4. The molecule has 2 amide bonds. The maximum absolute atomic E-state index is 12.7. The van der Waals surface area contributed by atoms with Crippen LogP contribution >= 0.6 is 0 Å². The summed E-state index contributed by atoms with van der Waals surface area (Å²) in [5, 5.41) is 15.0. The summed E-state index contributed by atoms with van der Waals surface area (Å²) in [5.74, 6) is -0.929. The minimum Gasteiger partial charge on any atom is -0.480 e. The van der Waals surface area contributed by atoms with Crippen molar-refractivity contribution in [2.75, 3.05) is 13.1 Å². The van der Waals surface area contributed by atoms with Gasteiger partial charge in [-0.1, -0.05) is 12.8 Å². The molecule has 1 saturated carbocycles. The zero-order valence-electron chi connectivity index (χ0n) is 11.9. The second-order valence-electron chi connectivity index (χ2n) is 6.18. The zero-order valence-corrected chi connectivity index (χ0v) is 11.9. The van der Waals surface area contributed by atoms with E-state index in [1.54, 1.807) is 4.90 Å². The summed E-state index contributed by atoms with van der Waals surface area (Å²) in [4.78, 5) is 37.0. The molecule has 116 valence electrons. The van der Waals surface area contributed by atoms with E-state index in [0.29, 0.717) is 12.3 Å². The van der Waals surface area contributed by atoms with Crippen molar-refractivity contribution >= 4 is 17.8 Å². The minimum atomic E-state index is -0.919. The van der Waals surface area contributed by atoms with Gasteiger partial charge in [0.1, 0.15) is 12.1 Å². The van der Waals surface area contributed by atoms with Crippen molar-refractivity contribution < 1.29 is 19.5 Å². The lowest BCUT2D eigenvalue weighted by molar-refractivity contribution is -0.151. The largest absolute Gasteiger partial charge is 0.480 e. The Hall–Kier alpha value is -1.63. The number of fused-ring (bicyclic) bond motifs is 1. The molecule has 7 nitrogen and oxygen atoms in total. The number of carbonyl (C=O) groups excluding carboxylic acids is 2. The quantitative estimate of drug-likeness (QED) is 0.627. The van der Waals surface area contributed by atoms with Gasteiger partial charge in [-0.3, -0.25) is 14.9 Å². The lowest BCUT2D eigenvalue weighted by Crippen LogP contribution is -2.61. The van der Waals surface area contributed by atoms with Gasteiger partial charge in [-0.15, -0.1) is 0 Å². The van der Waals surface area contributed by atoms with E-state index in [0.717, 1.165) is 25.7 Å². The molecule has 7 heteroatoms. The van der Waals surface area contributed by atoms with Crippen molar-refractivity contribution in [1.29, 1.82) is 0 Å². The van der Waals surface area contributed by atoms with E-state index in [2.05, 4.69) is 10.6 Å². The molecular weight excluding hydrogens is 274 g/mol. The Balaban J connectivity index is 1.77. The fourth-order valence-corrected chi connectivity index (χ4v) is 3.92. The Morgan fingerprint density at radius 1 is 1.24 bits per heavy atom. The molecule has 3 N–H and O–H groups in total. The maximum atomic E-state index is 12.7. The third-order valence-corrected chi connectivity index (χ3v) is 4.94. The lowest BCUT2D eigenvalue weighted by atomic mass is 9.84. The number of nitrogens with zero attached hydrogens (tertiary/aromatic N) is 1. The van der Waals surface area contributed by atoms with Crippen molar-refractivity contribution in [3.63, 3.8) is 0 Å². The van der Waals surface area contributed by atoms with Crippen LogP contribution in [-0.4, -0.2) is 59.0 Å². The normalized spacial score (nSPS) is 36.0. The number of nitrogens with one attached hydrogen (secondary N) is 2. The van der Waals surface area contributed by atoms with E-state index in [-0.39, 0.29) is 30.9 Å². The molecule has 2 aliphatic heterocycles. The molecule has 0 aromatic heterocycles. The van der Waals surface area contributed by atoms with Gasteiger partial charge in [-0.25, -0.2) is 4.79 Å². The Bertz CT molecular complexity index is 457.